The molecule has 1 atom stereocenters. The minimum Gasteiger partial charge on any atom is -0.491 e. The number of hydrogen-bond donors (Lipinski definition) is 0. The van der Waals surface area contributed by atoms with Crippen molar-refractivity contribution in [3.05, 3.63) is 24.3 Å². The fourth-order valence-electron chi connectivity index (χ4n) is 3.02. The predicted molar refractivity (Wildman–Crippen MR) is 85.5 cm³/mol. The van der Waals surface area contributed by atoms with Gasteiger partial charge < -0.3 is 9.47 Å². The first-order chi connectivity index (χ1) is 11.2. The highest BCUT2D eigenvalue weighted by atomic mass is 16.5. The summed E-state index contributed by atoms with van der Waals surface area (Å²) in [7, 11) is 0. The minimum absolute atomic E-state index is 0.163. The largest absolute Gasteiger partial charge is 0.491 e. The normalized spacial score (nSPS) is 22.7. The van der Waals surface area contributed by atoms with Gasteiger partial charge in [-0.25, -0.2) is 4.90 Å². The summed E-state index contributed by atoms with van der Waals surface area (Å²) in [5.74, 6) is 0.252. The van der Waals surface area contributed by atoms with E-state index in [9.17, 15) is 9.59 Å². The third-order valence-electron chi connectivity index (χ3n) is 4.18. The Hall–Kier alpha value is -1.92. The zero-order valence-corrected chi connectivity index (χ0v) is 13.4. The SMILES string of the molecule is CCCOc1ccccc1N1C(=O)C[C@H](N2CCOCC2)C1=O. The molecule has 3 rings (SSSR count). The molecule has 0 aliphatic carbocycles. The minimum atomic E-state index is -0.384. The molecule has 0 N–H and O–H groups in total. The monoisotopic (exact) mass is 318 g/mol. The summed E-state index contributed by atoms with van der Waals surface area (Å²) in [5.41, 5.74) is 0.548. The summed E-state index contributed by atoms with van der Waals surface area (Å²) < 4.78 is 11.0. The van der Waals surface area contributed by atoms with Crippen LogP contribution in [0.15, 0.2) is 24.3 Å². The average molecular weight is 318 g/mol. The van der Waals surface area contributed by atoms with Gasteiger partial charge in [0.15, 0.2) is 0 Å². The molecule has 1 aromatic carbocycles. The lowest BCUT2D eigenvalue weighted by atomic mass is 10.2. The van der Waals surface area contributed by atoms with E-state index in [1.165, 1.54) is 4.90 Å². The Morgan fingerprint density at radius 1 is 1.22 bits per heavy atom. The third kappa shape index (κ3) is 3.23. The van der Waals surface area contributed by atoms with E-state index in [-0.39, 0.29) is 24.3 Å². The van der Waals surface area contributed by atoms with Crippen molar-refractivity contribution in [2.24, 2.45) is 0 Å². The van der Waals surface area contributed by atoms with Crippen molar-refractivity contribution in [2.75, 3.05) is 37.8 Å². The quantitative estimate of drug-likeness (QED) is 0.769. The highest BCUT2D eigenvalue weighted by molar-refractivity contribution is 6.23. The van der Waals surface area contributed by atoms with Crippen molar-refractivity contribution in [2.45, 2.75) is 25.8 Å². The molecule has 6 nitrogen and oxygen atoms in total. The van der Waals surface area contributed by atoms with Crippen molar-refractivity contribution < 1.29 is 19.1 Å². The number of benzene rings is 1. The molecule has 2 aliphatic heterocycles. The Kier molecular flexibility index (Phi) is 4.93. The first kappa shape index (κ1) is 16.0. The Morgan fingerprint density at radius 2 is 1.96 bits per heavy atom. The van der Waals surface area contributed by atoms with Crippen LogP contribution in [0.5, 0.6) is 5.75 Å². The van der Waals surface area contributed by atoms with E-state index in [1.54, 1.807) is 12.1 Å². The molecule has 124 valence electrons. The Morgan fingerprint density at radius 3 is 2.70 bits per heavy atom. The summed E-state index contributed by atoms with van der Waals surface area (Å²) in [4.78, 5) is 28.6. The van der Waals surface area contributed by atoms with E-state index in [4.69, 9.17) is 9.47 Å². The molecule has 2 fully saturated rings. The van der Waals surface area contributed by atoms with Crippen LogP contribution < -0.4 is 9.64 Å². The maximum atomic E-state index is 12.8. The zero-order valence-electron chi connectivity index (χ0n) is 13.4. The van der Waals surface area contributed by atoms with Crippen LogP contribution in [0.2, 0.25) is 0 Å². The van der Waals surface area contributed by atoms with E-state index >= 15 is 0 Å². The van der Waals surface area contributed by atoms with Gasteiger partial charge in [0.25, 0.3) is 5.91 Å². The van der Waals surface area contributed by atoms with Crippen LogP contribution in [-0.4, -0.2) is 55.7 Å². The summed E-state index contributed by atoms with van der Waals surface area (Å²) in [6, 6.07) is 6.84. The van der Waals surface area contributed by atoms with E-state index in [0.29, 0.717) is 44.3 Å². The van der Waals surface area contributed by atoms with Crippen LogP contribution in [0.4, 0.5) is 5.69 Å². The van der Waals surface area contributed by atoms with Gasteiger partial charge in [0, 0.05) is 13.1 Å². The van der Waals surface area contributed by atoms with Gasteiger partial charge in [-0.2, -0.15) is 0 Å². The van der Waals surface area contributed by atoms with Crippen LogP contribution >= 0.6 is 0 Å². The van der Waals surface area contributed by atoms with Crippen molar-refractivity contribution >= 4 is 17.5 Å². The Labute approximate surface area is 136 Å². The summed E-state index contributed by atoms with van der Waals surface area (Å²) in [6.07, 6.45) is 1.09. The average Bonchev–Trinajstić information content (AvgIpc) is 2.88. The van der Waals surface area contributed by atoms with Crippen LogP contribution in [0, 0.1) is 0 Å². The van der Waals surface area contributed by atoms with Gasteiger partial charge in [0.2, 0.25) is 5.91 Å². The van der Waals surface area contributed by atoms with Crippen molar-refractivity contribution in [3.8, 4) is 5.75 Å². The molecule has 0 saturated carbocycles. The van der Waals surface area contributed by atoms with Gasteiger partial charge >= 0.3 is 0 Å². The number of ether oxygens (including phenoxy) is 2. The number of nitrogens with zero attached hydrogens (tertiary/aromatic N) is 2. The Bertz CT molecular complexity index is 584. The molecule has 0 bridgehead atoms. The third-order valence-corrected chi connectivity index (χ3v) is 4.18. The van der Waals surface area contributed by atoms with E-state index in [0.717, 1.165) is 6.42 Å². The number of amides is 2. The number of imide groups is 1. The topological polar surface area (TPSA) is 59.1 Å². The molecule has 2 saturated heterocycles. The molecule has 2 amide bonds. The molecule has 6 heteroatoms. The lowest BCUT2D eigenvalue weighted by Crippen LogP contribution is -2.47. The molecule has 0 unspecified atom stereocenters. The number of para-hydroxylation sites is 2. The molecule has 2 aliphatic rings. The molecule has 0 aromatic heterocycles. The number of hydrogen-bond acceptors (Lipinski definition) is 5. The number of morpholine rings is 1. The standard InChI is InChI=1S/C17H22N2O4/c1-2-9-23-15-6-4-3-5-13(15)19-16(20)12-14(17(19)21)18-7-10-22-11-8-18/h3-6,14H,2,7-12H2,1H3/t14-/m0/s1. The fraction of sp³-hybridized carbons (Fsp3) is 0.529. The highest BCUT2D eigenvalue weighted by Gasteiger charge is 2.43. The highest BCUT2D eigenvalue weighted by Crippen LogP contribution is 2.33. The summed E-state index contributed by atoms with van der Waals surface area (Å²) in [6.45, 7) is 5.16. The lowest BCUT2D eigenvalue weighted by molar-refractivity contribution is -0.123. The van der Waals surface area contributed by atoms with E-state index < -0.39 is 0 Å². The number of anilines is 1. The van der Waals surface area contributed by atoms with Gasteiger partial charge in [-0.1, -0.05) is 19.1 Å². The molecule has 0 spiro atoms. The second kappa shape index (κ2) is 7.10. The van der Waals surface area contributed by atoms with Crippen molar-refractivity contribution in [1.29, 1.82) is 0 Å². The first-order valence-corrected chi connectivity index (χ1v) is 8.12. The van der Waals surface area contributed by atoms with Crippen LogP contribution in [0.3, 0.4) is 0 Å². The summed E-state index contributed by atoms with van der Waals surface area (Å²) >= 11 is 0. The van der Waals surface area contributed by atoms with E-state index in [1.807, 2.05) is 24.0 Å². The van der Waals surface area contributed by atoms with E-state index in [2.05, 4.69) is 0 Å². The molecular formula is C17H22N2O4. The van der Waals surface area contributed by atoms with Crippen LogP contribution in [0.1, 0.15) is 19.8 Å². The van der Waals surface area contributed by atoms with Gasteiger partial charge in [0.05, 0.1) is 38.0 Å². The number of rotatable bonds is 5. The van der Waals surface area contributed by atoms with Crippen LogP contribution in [-0.2, 0) is 14.3 Å². The zero-order chi connectivity index (χ0) is 16.2. The Balaban J connectivity index is 1.82. The molecule has 23 heavy (non-hydrogen) atoms. The van der Waals surface area contributed by atoms with Crippen LogP contribution in [0.25, 0.3) is 0 Å². The van der Waals surface area contributed by atoms with Gasteiger partial charge in [-0.05, 0) is 18.6 Å². The number of carbonyl (C=O) groups excluding carboxylic acids is 2. The van der Waals surface area contributed by atoms with Crippen molar-refractivity contribution in [3.63, 3.8) is 0 Å². The van der Waals surface area contributed by atoms with Gasteiger partial charge in [-0.15, -0.1) is 0 Å². The summed E-state index contributed by atoms with van der Waals surface area (Å²) in [5, 5.41) is 0. The molecular weight excluding hydrogens is 296 g/mol. The second-order valence-corrected chi connectivity index (χ2v) is 5.75. The molecule has 2 heterocycles. The van der Waals surface area contributed by atoms with Gasteiger partial charge in [0.1, 0.15) is 5.75 Å². The lowest BCUT2D eigenvalue weighted by Gasteiger charge is -2.30. The smallest absolute Gasteiger partial charge is 0.251 e. The maximum absolute atomic E-state index is 12.8. The predicted octanol–water partition coefficient (Wildman–Crippen LogP) is 1.44. The second-order valence-electron chi connectivity index (χ2n) is 5.75. The van der Waals surface area contributed by atoms with Gasteiger partial charge in [-0.3, -0.25) is 14.5 Å². The fourth-order valence-corrected chi connectivity index (χ4v) is 3.02. The number of carbonyl (C=O) groups is 2. The first-order valence-electron chi connectivity index (χ1n) is 8.12. The molecule has 1 aromatic rings. The van der Waals surface area contributed by atoms with Crippen molar-refractivity contribution in [1.82, 2.24) is 4.90 Å². The maximum Gasteiger partial charge on any atom is 0.251 e. The molecule has 0 radical (unpaired) electrons.